The predicted molar refractivity (Wildman–Crippen MR) is 229 cm³/mol. The highest BCUT2D eigenvalue weighted by atomic mass is 16.5. The fourth-order valence-corrected chi connectivity index (χ4v) is 8.17. The standard InChI is InChI=1S/C46H54N8O7/c1-27(2)39(52-44(57)59-5)42(55)47-21-11-10-16-38-48-25-33(50-38)30-17-19-31-37(24-30)61-36-20-18-29(23-32(36)46(31,3)4)34-26-49-41(51-34)35-15-12-22-54(35)43(56)40(53-45(58)60-6)28-13-8-7-9-14-28/h7-9,13-14,17-20,23-27,35,39-40H,10-12,15-16,21-22H2,1-6H3,(H,47,55)(H,48,50)(H,49,51)(H,52,57)(H,53,58)/t35-,39-,40+/m0/s1. The Labute approximate surface area is 355 Å². The normalized spacial score (nSPS) is 16.1. The van der Waals surface area contributed by atoms with Gasteiger partial charge in [-0.25, -0.2) is 19.6 Å². The number of methoxy groups -OCH3 is 2. The minimum absolute atomic E-state index is 0.0815. The minimum atomic E-state index is -0.893. The Morgan fingerprint density at radius 3 is 2.31 bits per heavy atom. The maximum absolute atomic E-state index is 14.0. The number of unbranched alkanes of at least 4 members (excludes halogenated alkanes) is 1. The Morgan fingerprint density at radius 2 is 1.56 bits per heavy atom. The molecule has 0 aliphatic carbocycles. The minimum Gasteiger partial charge on any atom is -0.457 e. The van der Waals surface area contributed by atoms with E-state index in [4.69, 9.17) is 14.5 Å². The third-order valence-corrected chi connectivity index (χ3v) is 11.6. The molecule has 1 fully saturated rings. The van der Waals surface area contributed by atoms with Crippen molar-refractivity contribution in [1.82, 2.24) is 40.8 Å². The number of rotatable bonds is 14. The molecule has 5 N–H and O–H groups in total. The van der Waals surface area contributed by atoms with Gasteiger partial charge in [-0.2, -0.15) is 0 Å². The van der Waals surface area contributed by atoms with Gasteiger partial charge in [0.2, 0.25) is 5.91 Å². The summed E-state index contributed by atoms with van der Waals surface area (Å²) in [5.41, 5.74) is 6.01. The number of imidazole rings is 2. The summed E-state index contributed by atoms with van der Waals surface area (Å²) in [6, 6.07) is 19.7. The number of H-pyrrole nitrogens is 2. The van der Waals surface area contributed by atoms with E-state index in [1.54, 1.807) is 4.90 Å². The van der Waals surface area contributed by atoms with E-state index in [1.807, 2.05) is 74.8 Å². The first-order valence-electron chi connectivity index (χ1n) is 20.8. The van der Waals surface area contributed by atoms with E-state index in [0.717, 1.165) is 76.6 Å². The molecule has 3 atom stereocenters. The first-order chi connectivity index (χ1) is 29.4. The van der Waals surface area contributed by atoms with E-state index < -0.39 is 24.3 Å². The summed E-state index contributed by atoms with van der Waals surface area (Å²) in [5, 5.41) is 8.22. The molecule has 4 heterocycles. The van der Waals surface area contributed by atoms with Crippen LogP contribution in [0.1, 0.15) is 93.8 Å². The van der Waals surface area contributed by atoms with Crippen molar-refractivity contribution in [3.63, 3.8) is 0 Å². The van der Waals surface area contributed by atoms with Crippen molar-refractivity contribution in [2.24, 2.45) is 5.92 Å². The zero-order valence-electron chi connectivity index (χ0n) is 35.5. The molecule has 15 nitrogen and oxygen atoms in total. The van der Waals surface area contributed by atoms with Crippen LogP contribution in [0.4, 0.5) is 9.59 Å². The van der Waals surface area contributed by atoms with Crippen LogP contribution >= 0.6 is 0 Å². The van der Waals surface area contributed by atoms with Crippen molar-refractivity contribution in [1.29, 1.82) is 0 Å². The Balaban J connectivity index is 0.993. The molecule has 0 unspecified atom stereocenters. The molecular weight excluding hydrogens is 777 g/mol. The molecule has 7 rings (SSSR count). The van der Waals surface area contributed by atoms with Crippen LogP contribution in [0.2, 0.25) is 0 Å². The molecule has 2 aromatic heterocycles. The lowest BCUT2D eigenvalue weighted by molar-refractivity contribution is -0.134. The van der Waals surface area contributed by atoms with Crippen molar-refractivity contribution in [3.8, 4) is 34.0 Å². The number of carbonyl (C=O) groups excluding carboxylic acids is 4. The summed E-state index contributed by atoms with van der Waals surface area (Å²) in [6.45, 7) is 9.15. The molecule has 2 aliphatic rings. The Morgan fingerprint density at radius 1 is 0.852 bits per heavy atom. The molecule has 5 aromatic rings. The highest BCUT2D eigenvalue weighted by Crippen LogP contribution is 2.49. The van der Waals surface area contributed by atoms with Gasteiger partial charge in [0.25, 0.3) is 5.91 Å². The number of ether oxygens (including phenoxy) is 3. The van der Waals surface area contributed by atoms with E-state index in [2.05, 4.69) is 67.7 Å². The summed E-state index contributed by atoms with van der Waals surface area (Å²) in [4.78, 5) is 68.7. The molecule has 1 saturated heterocycles. The molecule has 3 aromatic carbocycles. The van der Waals surface area contributed by atoms with E-state index >= 15 is 0 Å². The topological polar surface area (TPSA) is 193 Å². The van der Waals surface area contributed by atoms with Gasteiger partial charge in [0.1, 0.15) is 35.2 Å². The van der Waals surface area contributed by atoms with Crippen molar-refractivity contribution in [2.75, 3.05) is 27.3 Å². The average Bonchev–Trinajstić information content (AvgIpc) is 4.06. The number of likely N-dealkylation sites (tertiary alicyclic amines) is 1. The largest absolute Gasteiger partial charge is 0.457 e. The van der Waals surface area contributed by atoms with Crippen LogP contribution in [-0.4, -0.2) is 82.2 Å². The van der Waals surface area contributed by atoms with E-state index in [0.29, 0.717) is 30.9 Å². The fraction of sp³-hybridized carbons (Fsp3) is 0.391. The summed E-state index contributed by atoms with van der Waals surface area (Å²) in [6.07, 6.45) is 6.16. The van der Waals surface area contributed by atoms with Crippen LogP contribution in [0.5, 0.6) is 11.5 Å². The number of carbonyl (C=O) groups is 4. The molecule has 4 amide bonds. The van der Waals surface area contributed by atoms with Crippen LogP contribution in [-0.2, 0) is 30.9 Å². The maximum Gasteiger partial charge on any atom is 0.407 e. The molecule has 15 heteroatoms. The smallest absolute Gasteiger partial charge is 0.407 e. The molecule has 320 valence electrons. The van der Waals surface area contributed by atoms with Crippen LogP contribution in [0.25, 0.3) is 22.5 Å². The Hall–Kier alpha value is -6.64. The van der Waals surface area contributed by atoms with Crippen LogP contribution in [0, 0.1) is 5.92 Å². The van der Waals surface area contributed by atoms with Gasteiger partial charge in [0, 0.05) is 47.2 Å². The van der Waals surface area contributed by atoms with Gasteiger partial charge in [-0.15, -0.1) is 0 Å². The number of aromatic amines is 2. The highest BCUT2D eigenvalue weighted by molar-refractivity contribution is 5.87. The monoisotopic (exact) mass is 830 g/mol. The third kappa shape index (κ3) is 9.25. The number of hydrogen-bond donors (Lipinski definition) is 5. The second-order valence-electron chi connectivity index (χ2n) is 16.3. The number of aromatic nitrogens is 4. The van der Waals surface area contributed by atoms with Gasteiger partial charge in [0.15, 0.2) is 0 Å². The summed E-state index contributed by atoms with van der Waals surface area (Å²) in [7, 11) is 2.55. The third-order valence-electron chi connectivity index (χ3n) is 11.6. The number of aryl methyl sites for hydroxylation is 1. The van der Waals surface area contributed by atoms with E-state index in [9.17, 15) is 19.2 Å². The maximum atomic E-state index is 14.0. The highest BCUT2D eigenvalue weighted by Gasteiger charge is 2.38. The van der Waals surface area contributed by atoms with Crippen molar-refractivity contribution >= 4 is 24.0 Å². The first kappa shape index (κ1) is 42.5. The lowest BCUT2D eigenvalue weighted by atomic mass is 9.75. The zero-order valence-corrected chi connectivity index (χ0v) is 35.5. The van der Waals surface area contributed by atoms with Gasteiger partial charge in [-0.05, 0) is 61.4 Å². The second kappa shape index (κ2) is 18.3. The summed E-state index contributed by atoms with van der Waals surface area (Å²) >= 11 is 0. The van der Waals surface area contributed by atoms with Gasteiger partial charge in [-0.1, -0.05) is 70.2 Å². The molecular formula is C46H54N8O7. The van der Waals surface area contributed by atoms with Crippen molar-refractivity contribution in [2.45, 2.75) is 83.3 Å². The molecule has 2 aliphatic heterocycles. The number of benzene rings is 3. The zero-order chi connectivity index (χ0) is 43.3. The fourth-order valence-electron chi connectivity index (χ4n) is 8.17. The number of hydrogen-bond acceptors (Lipinski definition) is 9. The molecule has 0 bridgehead atoms. The molecule has 61 heavy (non-hydrogen) atoms. The van der Waals surface area contributed by atoms with Gasteiger partial charge < -0.3 is 45.0 Å². The molecule has 0 radical (unpaired) electrons. The average molecular weight is 831 g/mol. The number of nitrogens with one attached hydrogen (secondary N) is 5. The van der Waals surface area contributed by atoms with Crippen LogP contribution in [0.3, 0.4) is 0 Å². The number of fused-ring (bicyclic) bond motifs is 2. The van der Waals surface area contributed by atoms with E-state index in [-0.39, 0.29) is 29.2 Å². The van der Waals surface area contributed by atoms with Gasteiger partial charge >= 0.3 is 12.2 Å². The van der Waals surface area contributed by atoms with Crippen LogP contribution < -0.4 is 20.7 Å². The van der Waals surface area contributed by atoms with Crippen LogP contribution in [0.15, 0.2) is 79.1 Å². The number of alkyl carbamates (subject to hydrolysis) is 2. The number of nitrogens with zero attached hydrogens (tertiary/aromatic N) is 3. The molecule has 0 saturated carbocycles. The lowest BCUT2D eigenvalue weighted by Gasteiger charge is -2.35. The second-order valence-corrected chi connectivity index (χ2v) is 16.3. The quantitative estimate of drug-likeness (QED) is 0.0706. The molecule has 0 spiro atoms. The summed E-state index contributed by atoms with van der Waals surface area (Å²) < 4.78 is 16.1. The summed E-state index contributed by atoms with van der Waals surface area (Å²) in [5.74, 6) is 2.56. The van der Waals surface area contributed by atoms with Gasteiger partial charge in [0.05, 0.1) is 44.0 Å². The predicted octanol–water partition coefficient (Wildman–Crippen LogP) is 7.48. The lowest BCUT2D eigenvalue weighted by Crippen LogP contribution is -2.49. The van der Waals surface area contributed by atoms with Crippen molar-refractivity contribution in [3.05, 3.63) is 107 Å². The first-order valence-corrected chi connectivity index (χ1v) is 20.8. The SMILES string of the molecule is COC(=O)N[C@H](C(=O)NCCCCc1ncc(-c2ccc3c(c2)Oc2ccc(-c4cnc([C@@H]5CCCN5C(=O)[C@H](NC(=O)OC)c5ccccc5)[nH]4)cc2C3(C)C)[nH]1)C(C)C. The number of amides is 4. The van der Waals surface area contributed by atoms with E-state index in [1.165, 1.54) is 14.2 Å². The van der Waals surface area contributed by atoms with Gasteiger partial charge in [-0.3, -0.25) is 9.59 Å². The van der Waals surface area contributed by atoms with Crippen molar-refractivity contribution < 1.29 is 33.4 Å². The Kier molecular flexibility index (Phi) is 12.8. The Bertz CT molecular complexity index is 2370.